The normalized spacial score (nSPS) is 26.4. The molecule has 2 saturated heterocycles. The Morgan fingerprint density at radius 3 is 2.80 bits per heavy atom. The van der Waals surface area contributed by atoms with Crippen molar-refractivity contribution in [1.29, 1.82) is 0 Å². The molecule has 1 aliphatic carbocycles. The molecule has 9 rings (SSSR count). The number of rotatable bonds is 7. The van der Waals surface area contributed by atoms with Gasteiger partial charge >= 0.3 is 6.01 Å². The van der Waals surface area contributed by atoms with Crippen LogP contribution in [0.1, 0.15) is 68.2 Å². The van der Waals surface area contributed by atoms with Gasteiger partial charge in [0.15, 0.2) is 5.82 Å². The average molecular weight is 704 g/mol. The van der Waals surface area contributed by atoms with E-state index in [2.05, 4.69) is 25.1 Å². The van der Waals surface area contributed by atoms with Crippen molar-refractivity contribution in [2.75, 3.05) is 36.9 Å². The number of aryl methyl sites for hydroxylation is 1. The van der Waals surface area contributed by atoms with Gasteiger partial charge in [0.2, 0.25) is 5.88 Å². The second-order valence-corrected chi connectivity index (χ2v) is 14.5. The van der Waals surface area contributed by atoms with Crippen LogP contribution in [0.15, 0.2) is 24.5 Å². The van der Waals surface area contributed by atoms with Crippen molar-refractivity contribution in [3.05, 3.63) is 52.9 Å². The van der Waals surface area contributed by atoms with Gasteiger partial charge in [0.05, 0.1) is 35.5 Å². The Morgan fingerprint density at radius 2 is 2.00 bits per heavy atom. The number of nitrogen functional groups attached to an aromatic ring is 1. The number of nitrogens with zero attached hydrogens (tertiary/aromatic N) is 7. The SMILES string of the molecule is Cc1cc2[nH]ncc2c(-c2nc3c4c(nc(OC[C@@]56CCCN5C[C@H](F)C6)nc4c2F)N([C@H](C)c2cc(F)cnc2N)[C@@H](C)CO3)c1C1CC1F. The molecule has 2 unspecified atom stereocenters. The largest absolute Gasteiger partial charge is 0.475 e. The van der Waals surface area contributed by atoms with Gasteiger partial charge in [-0.25, -0.2) is 27.5 Å². The number of benzene rings is 1. The Labute approximate surface area is 290 Å². The van der Waals surface area contributed by atoms with Gasteiger partial charge in [-0.2, -0.15) is 15.1 Å². The molecule has 0 bridgehead atoms. The van der Waals surface area contributed by atoms with Crippen LogP contribution in [0.2, 0.25) is 0 Å². The van der Waals surface area contributed by atoms with Gasteiger partial charge in [0.25, 0.3) is 0 Å². The highest BCUT2D eigenvalue weighted by molar-refractivity contribution is 6.02. The lowest BCUT2D eigenvalue weighted by atomic mass is 9.91. The summed E-state index contributed by atoms with van der Waals surface area (Å²) >= 11 is 0. The van der Waals surface area contributed by atoms with Crippen LogP contribution in [0.3, 0.4) is 0 Å². The zero-order chi connectivity index (χ0) is 35.3. The minimum atomic E-state index is -1.06. The summed E-state index contributed by atoms with van der Waals surface area (Å²) < 4.78 is 74.0. The van der Waals surface area contributed by atoms with Gasteiger partial charge in [0, 0.05) is 35.4 Å². The molecule has 0 radical (unpaired) electrons. The van der Waals surface area contributed by atoms with Crippen molar-refractivity contribution in [3.63, 3.8) is 0 Å². The average Bonchev–Trinajstić information content (AvgIpc) is 3.36. The summed E-state index contributed by atoms with van der Waals surface area (Å²) in [6, 6.07) is 2.07. The molecule has 7 heterocycles. The number of fused-ring (bicyclic) bond motifs is 2. The zero-order valence-corrected chi connectivity index (χ0v) is 28.4. The molecule has 4 aromatic heterocycles. The van der Waals surface area contributed by atoms with E-state index in [9.17, 15) is 13.2 Å². The minimum absolute atomic E-state index is 0.0540. The summed E-state index contributed by atoms with van der Waals surface area (Å²) in [5, 5.41) is 7.95. The molecule has 3 N–H and O–H groups in total. The van der Waals surface area contributed by atoms with Crippen molar-refractivity contribution in [2.24, 2.45) is 0 Å². The molecular weight excluding hydrogens is 666 g/mol. The minimum Gasteiger partial charge on any atom is -0.475 e. The summed E-state index contributed by atoms with van der Waals surface area (Å²) in [7, 11) is 0. The molecule has 5 aromatic rings. The summed E-state index contributed by atoms with van der Waals surface area (Å²) in [5.74, 6) is -1.28. The standard InChI is InChI=1S/C36H37F4N9O2/c1-16-7-25-23(12-43-47-25)27(26(16)22-9-24(22)39)30-29(40)31-28-33(46-35(45-31)51-15-36-5-4-6-48(36)13-20(38)10-36)49(17(2)14-50-34(28)44-30)18(3)21-8-19(37)11-42-32(21)41/h7-8,11-12,17-18,20,22,24H,4-6,9-10,13-15H2,1-3H3,(H2,41,42)(H,43,47)/t17-,18+,20+,22?,24?,36-/m0/s1. The van der Waals surface area contributed by atoms with E-state index in [4.69, 9.17) is 25.2 Å². The van der Waals surface area contributed by atoms with Crippen LogP contribution in [-0.4, -0.2) is 85.3 Å². The maximum absolute atomic E-state index is 17.4. The fourth-order valence-electron chi connectivity index (χ4n) is 8.71. The monoisotopic (exact) mass is 703 g/mol. The summed E-state index contributed by atoms with van der Waals surface area (Å²) in [6.07, 6.45) is 2.92. The molecule has 3 aliphatic heterocycles. The highest BCUT2D eigenvalue weighted by Crippen LogP contribution is 2.52. The van der Waals surface area contributed by atoms with Gasteiger partial charge in [-0.05, 0) is 69.8 Å². The predicted molar refractivity (Wildman–Crippen MR) is 182 cm³/mol. The predicted octanol–water partition coefficient (Wildman–Crippen LogP) is 6.26. The van der Waals surface area contributed by atoms with E-state index in [1.807, 2.05) is 31.7 Å². The first-order chi connectivity index (χ1) is 24.5. The molecular formula is C36H37F4N9O2. The van der Waals surface area contributed by atoms with Crippen LogP contribution in [0, 0.1) is 18.6 Å². The van der Waals surface area contributed by atoms with Gasteiger partial charge in [-0.1, -0.05) is 0 Å². The van der Waals surface area contributed by atoms with Crippen LogP contribution in [0.5, 0.6) is 11.9 Å². The molecule has 266 valence electrons. The number of hydrogen-bond donors (Lipinski definition) is 2. The molecule has 0 spiro atoms. The first-order valence-electron chi connectivity index (χ1n) is 17.4. The third-order valence-corrected chi connectivity index (χ3v) is 11.2. The molecule has 4 aliphatic rings. The number of nitrogens with two attached hydrogens (primary N) is 1. The molecule has 11 nitrogen and oxygen atoms in total. The number of nitrogens with one attached hydrogen (secondary N) is 1. The number of pyridine rings is 2. The molecule has 3 fully saturated rings. The van der Waals surface area contributed by atoms with E-state index >= 15 is 4.39 Å². The maximum Gasteiger partial charge on any atom is 0.319 e. The van der Waals surface area contributed by atoms with Crippen molar-refractivity contribution in [3.8, 4) is 23.1 Å². The molecule has 0 amide bonds. The van der Waals surface area contributed by atoms with Crippen molar-refractivity contribution in [2.45, 2.75) is 82.3 Å². The highest BCUT2D eigenvalue weighted by Gasteiger charge is 2.49. The quantitative estimate of drug-likeness (QED) is 0.187. The molecule has 1 saturated carbocycles. The second kappa shape index (κ2) is 11.6. The number of aromatic amines is 1. The number of aromatic nitrogens is 6. The van der Waals surface area contributed by atoms with Crippen molar-refractivity contribution < 1.29 is 27.0 Å². The lowest BCUT2D eigenvalue weighted by Crippen LogP contribution is -2.43. The highest BCUT2D eigenvalue weighted by atomic mass is 19.1. The van der Waals surface area contributed by atoms with E-state index in [0.717, 1.165) is 31.1 Å². The first kappa shape index (κ1) is 32.1. The summed E-state index contributed by atoms with van der Waals surface area (Å²) in [6.45, 7) is 6.91. The van der Waals surface area contributed by atoms with Crippen molar-refractivity contribution in [1.82, 2.24) is 35.0 Å². The van der Waals surface area contributed by atoms with Crippen LogP contribution in [-0.2, 0) is 0 Å². The first-order valence-corrected chi connectivity index (χ1v) is 17.4. The Hall–Kier alpha value is -4.79. The van der Waals surface area contributed by atoms with Crippen LogP contribution < -0.4 is 20.1 Å². The summed E-state index contributed by atoms with van der Waals surface area (Å²) in [4.78, 5) is 22.3. The third-order valence-electron chi connectivity index (χ3n) is 11.2. The van der Waals surface area contributed by atoms with E-state index in [1.54, 1.807) is 6.20 Å². The molecule has 1 aromatic carbocycles. The fraction of sp³-hybridized carbons (Fsp3) is 0.472. The number of halogens is 4. The Morgan fingerprint density at radius 1 is 1.18 bits per heavy atom. The smallest absolute Gasteiger partial charge is 0.319 e. The van der Waals surface area contributed by atoms with Crippen LogP contribution in [0.4, 0.5) is 29.2 Å². The van der Waals surface area contributed by atoms with E-state index < -0.39 is 47.5 Å². The van der Waals surface area contributed by atoms with Gasteiger partial charge in [-0.3, -0.25) is 10.00 Å². The van der Waals surface area contributed by atoms with E-state index in [-0.39, 0.29) is 53.3 Å². The fourth-order valence-corrected chi connectivity index (χ4v) is 8.71. The second-order valence-electron chi connectivity index (χ2n) is 14.5. The molecule has 51 heavy (non-hydrogen) atoms. The lowest BCUT2D eigenvalue weighted by Gasteiger charge is -2.35. The Bertz CT molecular complexity index is 2220. The maximum atomic E-state index is 17.4. The lowest BCUT2D eigenvalue weighted by molar-refractivity contribution is 0.107. The third kappa shape index (κ3) is 5.06. The van der Waals surface area contributed by atoms with Gasteiger partial charge in [-0.15, -0.1) is 0 Å². The topological polar surface area (TPSA) is 131 Å². The Kier molecular flexibility index (Phi) is 7.32. The number of ether oxygens (including phenoxy) is 2. The Balaban J connectivity index is 1.26. The van der Waals surface area contributed by atoms with E-state index in [1.165, 1.54) is 6.07 Å². The molecule has 15 heteroatoms. The van der Waals surface area contributed by atoms with E-state index in [0.29, 0.717) is 47.0 Å². The number of hydrogen-bond acceptors (Lipinski definition) is 10. The van der Waals surface area contributed by atoms with Gasteiger partial charge in [0.1, 0.15) is 59.6 Å². The number of alkyl halides is 2. The van der Waals surface area contributed by atoms with Crippen LogP contribution in [0.25, 0.3) is 33.1 Å². The van der Waals surface area contributed by atoms with Crippen LogP contribution >= 0.6 is 0 Å². The number of anilines is 2. The van der Waals surface area contributed by atoms with Crippen molar-refractivity contribution >= 4 is 33.4 Å². The summed E-state index contributed by atoms with van der Waals surface area (Å²) in [5.41, 5.74) is 8.50. The van der Waals surface area contributed by atoms with Gasteiger partial charge < -0.3 is 20.1 Å². The molecule has 6 atom stereocenters. The number of H-pyrrole nitrogens is 1. The zero-order valence-electron chi connectivity index (χ0n) is 28.4.